The number of amides is 1. The molecule has 0 saturated heterocycles. The largest absolute Gasteiger partial charge is 0.321 e. The molecule has 1 N–H and O–H groups in total. The molecule has 3 rings (SSSR count). The van der Waals surface area contributed by atoms with E-state index in [1.807, 2.05) is 12.1 Å². The first kappa shape index (κ1) is 18.5. The lowest BCUT2D eigenvalue weighted by molar-refractivity contribution is 0.102. The van der Waals surface area contributed by atoms with E-state index in [0.29, 0.717) is 10.2 Å². The number of aromatic nitrogens is 1. The zero-order valence-electron chi connectivity index (χ0n) is 14.1. The fraction of sp³-hybridized carbons (Fsp3) is 0.111. The molecule has 0 aliphatic heterocycles. The Labute approximate surface area is 160 Å². The number of benzene rings is 2. The Morgan fingerprint density at radius 2 is 1.88 bits per heavy atom. The van der Waals surface area contributed by atoms with Gasteiger partial charge in [-0.2, -0.15) is 0 Å². The number of hydrogen-bond acceptors (Lipinski definition) is 4. The second-order valence-corrected chi connectivity index (χ2v) is 8.74. The van der Waals surface area contributed by atoms with Gasteiger partial charge in [0.25, 0.3) is 5.91 Å². The standard InChI is InChI=1S/C18H16BrN3O3S/c1-22(2)26(24,25)17-11-12(8-9-14(17)19)18(23)21-16-7-3-6-15-13(16)5-4-10-20-15/h3-11H,1-2H3,(H,21,23). The van der Waals surface area contributed by atoms with Gasteiger partial charge in [0.2, 0.25) is 10.0 Å². The molecule has 26 heavy (non-hydrogen) atoms. The third-order valence-corrected chi connectivity index (χ3v) is 6.65. The smallest absolute Gasteiger partial charge is 0.255 e. The van der Waals surface area contributed by atoms with Crippen LogP contribution in [0.15, 0.2) is 64.1 Å². The molecule has 0 unspecified atom stereocenters. The topological polar surface area (TPSA) is 79.4 Å². The molecule has 8 heteroatoms. The van der Waals surface area contributed by atoms with Crippen LogP contribution in [-0.2, 0) is 10.0 Å². The molecule has 134 valence electrons. The van der Waals surface area contributed by atoms with Gasteiger partial charge >= 0.3 is 0 Å². The van der Waals surface area contributed by atoms with Crippen LogP contribution in [0.3, 0.4) is 0 Å². The number of carbonyl (C=O) groups excluding carboxylic acids is 1. The zero-order valence-corrected chi connectivity index (χ0v) is 16.5. The van der Waals surface area contributed by atoms with Crippen molar-refractivity contribution in [1.82, 2.24) is 9.29 Å². The van der Waals surface area contributed by atoms with Crippen LogP contribution in [0.25, 0.3) is 10.9 Å². The van der Waals surface area contributed by atoms with Gasteiger partial charge in [-0.25, -0.2) is 12.7 Å². The van der Waals surface area contributed by atoms with E-state index in [-0.39, 0.29) is 10.5 Å². The minimum atomic E-state index is -3.67. The number of pyridine rings is 1. The van der Waals surface area contributed by atoms with Crippen molar-refractivity contribution in [1.29, 1.82) is 0 Å². The molecule has 0 bridgehead atoms. The van der Waals surface area contributed by atoms with Gasteiger partial charge < -0.3 is 5.32 Å². The predicted molar refractivity (Wildman–Crippen MR) is 105 cm³/mol. The molecule has 0 radical (unpaired) electrons. The first-order valence-corrected chi connectivity index (χ1v) is 9.91. The molecule has 0 fully saturated rings. The molecule has 1 amide bonds. The summed E-state index contributed by atoms with van der Waals surface area (Å²) in [7, 11) is -0.790. The van der Waals surface area contributed by atoms with Gasteiger partial charge in [0.05, 0.1) is 16.1 Å². The van der Waals surface area contributed by atoms with Crippen molar-refractivity contribution in [3.63, 3.8) is 0 Å². The lowest BCUT2D eigenvalue weighted by atomic mass is 10.1. The summed E-state index contributed by atoms with van der Waals surface area (Å²) in [6.07, 6.45) is 1.68. The molecule has 0 atom stereocenters. The molecular formula is C18H16BrN3O3S. The Morgan fingerprint density at radius 3 is 2.62 bits per heavy atom. The van der Waals surface area contributed by atoms with E-state index in [4.69, 9.17) is 0 Å². The third kappa shape index (κ3) is 3.48. The molecular weight excluding hydrogens is 418 g/mol. The van der Waals surface area contributed by atoms with Crippen molar-refractivity contribution in [3.8, 4) is 0 Å². The highest BCUT2D eigenvalue weighted by Crippen LogP contribution is 2.26. The fourth-order valence-electron chi connectivity index (χ4n) is 2.45. The number of sulfonamides is 1. The average Bonchev–Trinajstić information content (AvgIpc) is 2.62. The zero-order chi connectivity index (χ0) is 18.9. The van der Waals surface area contributed by atoms with Crippen molar-refractivity contribution in [2.75, 3.05) is 19.4 Å². The molecule has 6 nitrogen and oxygen atoms in total. The molecule has 2 aromatic carbocycles. The summed E-state index contributed by atoms with van der Waals surface area (Å²) in [4.78, 5) is 17.0. The maximum Gasteiger partial charge on any atom is 0.255 e. The predicted octanol–water partition coefficient (Wildman–Crippen LogP) is 3.50. The summed E-state index contributed by atoms with van der Waals surface area (Å²) < 4.78 is 26.3. The summed E-state index contributed by atoms with van der Waals surface area (Å²) in [6, 6.07) is 13.6. The van der Waals surface area contributed by atoms with E-state index in [1.54, 1.807) is 36.5 Å². The summed E-state index contributed by atoms with van der Waals surface area (Å²) in [5.74, 6) is -0.399. The highest BCUT2D eigenvalue weighted by molar-refractivity contribution is 9.10. The van der Waals surface area contributed by atoms with E-state index < -0.39 is 15.9 Å². The number of fused-ring (bicyclic) bond motifs is 1. The van der Waals surface area contributed by atoms with Gasteiger partial charge in [-0.1, -0.05) is 6.07 Å². The fourth-order valence-corrected chi connectivity index (χ4v) is 4.29. The van der Waals surface area contributed by atoms with Gasteiger partial charge in [0, 0.05) is 35.7 Å². The van der Waals surface area contributed by atoms with Crippen LogP contribution in [-0.4, -0.2) is 37.7 Å². The van der Waals surface area contributed by atoms with E-state index in [0.717, 1.165) is 15.2 Å². The quantitative estimate of drug-likeness (QED) is 0.682. The van der Waals surface area contributed by atoms with Crippen LogP contribution in [0.5, 0.6) is 0 Å². The maximum atomic E-state index is 12.7. The average molecular weight is 434 g/mol. The van der Waals surface area contributed by atoms with Gasteiger partial charge in [-0.05, 0) is 58.4 Å². The summed E-state index contributed by atoms with van der Waals surface area (Å²) in [6.45, 7) is 0. The van der Waals surface area contributed by atoms with E-state index in [2.05, 4.69) is 26.2 Å². The Bertz CT molecular complexity index is 1090. The highest BCUT2D eigenvalue weighted by atomic mass is 79.9. The number of rotatable bonds is 4. The van der Waals surface area contributed by atoms with Crippen molar-refractivity contribution in [3.05, 3.63) is 64.8 Å². The summed E-state index contributed by atoms with van der Waals surface area (Å²) in [5, 5.41) is 3.63. The monoisotopic (exact) mass is 433 g/mol. The highest BCUT2D eigenvalue weighted by Gasteiger charge is 2.22. The molecule has 0 saturated carbocycles. The molecule has 0 aliphatic carbocycles. The molecule has 1 heterocycles. The van der Waals surface area contributed by atoms with E-state index >= 15 is 0 Å². The van der Waals surface area contributed by atoms with Crippen LogP contribution in [0.4, 0.5) is 5.69 Å². The van der Waals surface area contributed by atoms with Crippen molar-refractivity contribution >= 4 is 48.5 Å². The molecule has 1 aromatic heterocycles. The summed E-state index contributed by atoms with van der Waals surface area (Å²) >= 11 is 3.24. The minimum absolute atomic E-state index is 0.0368. The first-order chi connectivity index (χ1) is 12.3. The normalized spacial score (nSPS) is 11.7. The van der Waals surface area contributed by atoms with Crippen LogP contribution in [0, 0.1) is 0 Å². The Balaban J connectivity index is 1.98. The Hall–Kier alpha value is -2.29. The second kappa shape index (κ2) is 7.14. The number of halogens is 1. The number of anilines is 1. The van der Waals surface area contributed by atoms with Crippen LogP contribution >= 0.6 is 15.9 Å². The number of carbonyl (C=O) groups is 1. The van der Waals surface area contributed by atoms with Gasteiger partial charge in [0.15, 0.2) is 0 Å². The van der Waals surface area contributed by atoms with Crippen LogP contribution in [0.2, 0.25) is 0 Å². The van der Waals surface area contributed by atoms with Gasteiger partial charge in [-0.15, -0.1) is 0 Å². The maximum absolute atomic E-state index is 12.7. The Morgan fingerprint density at radius 1 is 1.12 bits per heavy atom. The molecule has 0 aliphatic rings. The van der Waals surface area contributed by atoms with Crippen LogP contribution < -0.4 is 5.32 Å². The van der Waals surface area contributed by atoms with Crippen molar-refractivity contribution in [2.45, 2.75) is 4.90 Å². The number of hydrogen-bond donors (Lipinski definition) is 1. The van der Waals surface area contributed by atoms with Gasteiger partial charge in [0.1, 0.15) is 0 Å². The van der Waals surface area contributed by atoms with Crippen molar-refractivity contribution < 1.29 is 13.2 Å². The molecule has 0 spiro atoms. The number of nitrogens with one attached hydrogen (secondary N) is 1. The van der Waals surface area contributed by atoms with E-state index in [9.17, 15) is 13.2 Å². The first-order valence-electron chi connectivity index (χ1n) is 7.68. The molecule has 3 aromatic rings. The SMILES string of the molecule is CN(C)S(=O)(=O)c1cc(C(=O)Nc2cccc3ncccc23)ccc1Br. The summed E-state index contributed by atoms with van der Waals surface area (Å²) in [5.41, 5.74) is 1.62. The van der Waals surface area contributed by atoms with Crippen molar-refractivity contribution in [2.24, 2.45) is 0 Å². The van der Waals surface area contributed by atoms with Crippen LogP contribution in [0.1, 0.15) is 10.4 Å². The van der Waals surface area contributed by atoms with E-state index in [1.165, 1.54) is 20.2 Å². The van der Waals surface area contributed by atoms with Gasteiger partial charge in [-0.3, -0.25) is 9.78 Å². The third-order valence-electron chi connectivity index (χ3n) is 3.85. The minimum Gasteiger partial charge on any atom is -0.321 e. The lowest BCUT2D eigenvalue weighted by Gasteiger charge is -2.14. The second-order valence-electron chi connectivity index (χ2n) is 5.76. The number of nitrogens with zero attached hydrogens (tertiary/aromatic N) is 2. The Kier molecular flexibility index (Phi) is 5.08. The lowest BCUT2D eigenvalue weighted by Crippen LogP contribution is -2.23.